The number of ether oxygens (including phenoxy) is 2. The fraction of sp³-hybridized carbons (Fsp3) is 0.474. The molecule has 7 heteroatoms. The van der Waals surface area contributed by atoms with Crippen LogP contribution in [0.2, 0.25) is 5.02 Å². The second-order valence-electron chi connectivity index (χ2n) is 6.57. The fourth-order valence-electron chi connectivity index (χ4n) is 3.22. The molecule has 26 heavy (non-hydrogen) atoms. The van der Waals surface area contributed by atoms with Crippen LogP contribution in [0.4, 0.5) is 11.6 Å². The zero-order chi connectivity index (χ0) is 17.9. The van der Waals surface area contributed by atoms with Crippen molar-refractivity contribution in [1.82, 2.24) is 9.97 Å². The lowest BCUT2D eigenvalue weighted by atomic mass is 10.1. The number of nitrogens with zero attached hydrogens (tertiary/aromatic N) is 4. The molecule has 2 aromatic rings. The summed E-state index contributed by atoms with van der Waals surface area (Å²) < 4.78 is 11.0. The summed E-state index contributed by atoms with van der Waals surface area (Å²) in [7, 11) is 0. The van der Waals surface area contributed by atoms with Crippen LogP contribution in [0.5, 0.6) is 0 Å². The van der Waals surface area contributed by atoms with Gasteiger partial charge >= 0.3 is 0 Å². The van der Waals surface area contributed by atoms with Crippen LogP contribution >= 0.6 is 11.6 Å². The standard InChI is InChI=1S/C19H23ClN4O2/c1-14-2-4-15(5-3-14)17-21-18(23-6-10-25-11-7-23)16(20)19(22-17)24-8-12-26-13-9-24/h2-5H,6-13H2,1H3. The molecule has 0 N–H and O–H groups in total. The zero-order valence-electron chi connectivity index (χ0n) is 14.9. The predicted molar refractivity (Wildman–Crippen MR) is 103 cm³/mol. The Morgan fingerprint density at radius 1 is 0.808 bits per heavy atom. The first-order valence-electron chi connectivity index (χ1n) is 9.02. The summed E-state index contributed by atoms with van der Waals surface area (Å²) in [6.07, 6.45) is 0. The van der Waals surface area contributed by atoms with Crippen molar-refractivity contribution in [3.8, 4) is 11.4 Å². The minimum atomic E-state index is 0.615. The maximum absolute atomic E-state index is 6.77. The molecule has 138 valence electrons. The van der Waals surface area contributed by atoms with Gasteiger partial charge in [0, 0.05) is 31.7 Å². The highest BCUT2D eigenvalue weighted by atomic mass is 35.5. The Morgan fingerprint density at radius 2 is 1.27 bits per heavy atom. The van der Waals surface area contributed by atoms with Gasteiger partial charge in [-0.15, -0.1) is 0 Å². The van der Waals surface area contributed by atoms with Gasteiger partial charge in [-0.05, 0) is 6.92 Å². The molecule has 0 spiro atoms. The van der Waals surface area contributed by atoms with Crippen LogP contribution in [0.1, 0.15) is 5.56 Å². The van der Waals surface area contributed by atoms with E-state index in [2.05, 4.69) is 41.0 Å². The largest absolute Gasteiger partial charge is 0.378 e. The van der Waals surface area contributed by atoms with Gasteiger partial charge in [0.2, 0.25) is 0 Å². The van der Waals surface area contributed by atoms with Crippen LogP contribution < -0.4 is 9.80 Å². The summed E-state index contributed by atoms with van der Waals surface area (Å²) in [5, 5.41) is 0.615. The van der Waals surface area contributed by atoms with Gasteiger partial charge in [0.15, 0.2) is 17.5 Å². The molecule has 0 unspecified atom stereocenters. The van der Waals surface area contributed by atoms with Crippen molar-refractivity contribution in [3.05, 3.63) is 34.9 Å². The van der Waals surface area contributed by atoms with Crippen molar-refractivity contribution in [2.24, 2.45) is 0 Å². The molecule has 0 radical (unpaired) electrons. The third kappa shape index (κ3) is 3.63. The molecule has 1 aromatic carbocycles. The third-order valence-electron chi connectivity index (χ3n) is 4.75. The number of aromatic nitrogens is 2. The van der Waals surface area contributed by atoms with Crippen molar-refractivity contribution in [1.29, 1.82) is 0 Å². The van der Waals surface area contributed by atoms with E-state index in [1.807, 2.05) is 0 Å². The van der Waals surface area contributed by atoms with E-state index < -0.39 is 0 Å². The van der Waals surface area contributed by atoms with Crippen molar-refractivity contribution in [2.75, 3.05) is 62.4 Å². The van der Waals surface area contributed by atoms with E-state index in [9.17, 15) is 0 Å². The highest BCUT2D eigenvalue weighted by molar-refractivity contribution is 6.35. The lowest BCUT2D eigenvalue weighted by Crippen LogP contribution is -2.39. The lowest BCUT2D eigenvalue weighted by Gasteiger charge is -2.32. The molecule has 6 nitrogen and oxygen atoms in total. The SMILES string of the molecule is Cc1ccc(-c2nc(N3CCOCC3)c(Cl)c(N3CCOCC3)n2)cc1. The summed E-state index contributed by atoms with van der Waals surface area (Å²) in [5.74, 6) is 2.29. The first-order valence-corrected chi connectivity index (χ1v) is 9.40. The molecule has 2 fully saturated rings. The molecule has 0 atom stereocenters. The van der Waals surface area contributed by atoms with Gasteiger partial charge in [-0.3, -0.25) is 0 Å². The summed E-state index contributed by atoms with van der Waals surface area (Å²) >= 11 is 6.77. The summed E-state index contributed by atoms with van der Waals surface area (Å²) in [6.45, 7) is 7.96. The Kier molecular flexibility index (Phi) is 5.24. The van der Waals surface area contributed by atoms with Crippen molar-refractivity contribution < 1.29 is 9.47 Å². The molecule has 0 bridgehead atoms. The first-order chi connectivity index (χ1) is 12.7. The molecular formula is C19H23ClN4O2. The number of anilines is 2. The van der Waals surface area contributed by atoms with E-state index in [0.29, 0.717) is 37.3 Å². The van der Waals surface area contributed by atoms with Gasteiger partial charge in [0.05, 0.1) is 26.4 Å². The number of hydrogen-bond acceptors (Lipinski definition) is 6. The van der Waals surface area contributed by atoms with Crippen LogP contribution in [-0.4, -0.2) is 62.6 Å². The normalized spacial score (nSPS) is 18.2. The maximum Gasteiger partial charge on any atom is 0.163 e. The molecule has 0 aliphatic carbocycles. The monoisotopic (exact) mass is 374 g/mol. The number of benzene rings is 1. The zero-order valence-corrected chi connectivity index (χ0v) is 15.7. The highest BCUT2D eigenvalue weighted by Crippen LogP contribution is 2.35. The van der Waals surface area contributed by atoms with E-state index in [-0.39, 0.29) is 0 Å². The van der Waals surface area contributed by atoms with E-state index in [1.54, 1.807) is 0 Å². The Bertz CT molecular complexity index is 718. The van der Waals surface area contributed by atoms with Crippen molar-refractivity contribution in [2.45, 2.75) is 6.92 Å². The third-order valence-corrected chi connectivity index (χ3v) is 5.09. The molecule has 0 saturated carbocycles. The highest BCUT2D eigenvalue weighted by Gasteiger charge is 2.24. The van der Waals surface area contributed by atoms with Crippen LogP contribution in [0.25, 0.3) is 11.4 Å². The van der Waals surface area contributed by atoms with Crippen LogP contribution in [0.15, 0.2) is 24.3 Å². The van der Waals surface area contributed by atoms with Crippen LogP contribution in [-0.2, 0) is 9.47 Å². The van der Waals surface area contributed by atoms with E-state index >= 15 is 0 Å². The smallest absolute Gasteiger partial charge is 0.163 e. The molecule has 2 aliphatic rings. The molecule has 3 heterocycles. The molecule has 2 aliphatic heterocycles. The molecule has 4 rings (SSSR count). The van der Waals surface area contributed by atoms with E-state index in [1.165, 1.54) is 5.56 Å². The van der Waals surface area contributed by atoms with Crippen molar-refractivity contribution in [3.63, 3.8) is 0 Å². The summed E-state index contributed by atoms with van der Waals surface area (Å²) in [5.41, 5.74) is 2.21. The van der Waals surface area contributed by atoms with E-state index in [4.69, 9.17) is 31.0 Å². The average Bonchev–Trinajstić information content (AvgIpc) is 2.70. The number of rotatable bonds is 3. The molecular weight excluding hydrogens is 352 g/mol. The maximum atomic E-state index is 6.77. The van der Waals surface area contributed by atoms with Gasteiger partial charge in [0.1, 0.15) is 5.02 Å². The van der Waals surface area contributed by atoms with Gasteiger partial charge in [0.25, 0.3) is 0 Å². The number of hydrogen-bond donors (Lipinski definition) is 0. The number of aryl methyl sites for hydroxylation is 1. The number of halogens is 1. The average molecular weight is 375 g/mol. The minimum Gasteiger partial charge on any atom is -0.378 e. The Balaban J connectivity index is 1.78. The molecule has 2 saturated heterocycles. The summed E-state index contributed by atoms with van der Waals surface area (Å²) in [4.78, 5) is 14.0. The number of morpholine rings is 2. The van der Waals surface area contributed by atoms with Crippen molar-refractivity contribution >= 4 is 23.2 Å². The van der Waals surface area contributed by atoms with Gasteiger partial charge in [-0.1, -0.05) is 41.4 Å². The minimum absolute atomic E-state index is 0.615. The Labute approximate surface area is 158 Å². The quantitative estimate of drug-likeness (QED) is 0.823. The summed E-state index contributed by atoms with van der Waals surface area (Å²) in [6, 6.07) is 8.28. The lowest BCUT2D eigenvalue weighted by molar-refractivity contribution is 0.122. The Hall–Kier alpha value is -1.89. The molecule has 0 amide bonds. The van der Waals surface area contributed by atoms with Gasteiger partial charge < -0.3 is 19.3 Å². The van der Waals surface area contributed by atoms with Gasteiger partial charge in [-0.25, -0.2) is 9.97 Å². The fourth-order valence-corrected chi connectivity index (χ4v) is 3.55. The topological polar surface area (TPSA) is 50.7 Å². The predicted octanol–water partition coefficient (Wildman–Crippen LogP) is 2.78. The molecule has 1 aromatic heterocycles. The van der Waals surface area contributed by atoms with Crippen LogP contribution in [0.3, 0.4) is 0 Å². The van der Waals surface area contributed by atoms with E-state index in [0.717, 1.165) is 43.4 Å². The van der Waals surface area contributed by atoms with Crippen LogP contribution in [0, 0.1) is 6.92 Å². The van der Waals surface area contributed by atoms with Gasteiger partial charge in [-0.2, -0.15) is 0 Å². The second kappa shape index (κ2) is 7.78. The second-order valence-corrected chi connectivity index (χ2v) is 6.95. The Morgan fingerprint density at radius 3 is 1.73 bits per heavy atom. The first kappa shape index (κ1) is 17.5.